The Hall–Kier alpha value is -3.61. The number of allylic oxidation sites excluding steroid dienone is 2. The molecule has 168 valence electrons. The van der Waals surface area contributed by atoms with Crippen molar-refractivity contribution in [2.24, 2.45) is 35.5 Å². The van der Waals surface area contributed by atoms with E-state index in [-0.39, 0.29) is 47.9 Å². The number of methoxy groups -OCH3 is 1. The topological polar surface area (TPSA) is 84.9 Å². The van der Waals surface area contributed by atoms with Gasteiger partial charge in [0, 0.05) is 5.69 Å². The van der Waals surface area contributed by atoms with E-state index in [1.54, 1.807) is 43.5 Å². The Morgan fingerprint density at radius 2 is 1.39 bits per heavy atom. The first kappa shape index (κ1) is 20.0. The van der Waals surface area contributed by atoms with Gasteiger partial charge in [0.25, 0.3) is 0 Å². The van der Waals surface area contributed by atoms with Gasteiger partial charge in [-0.25, -0.2) is 0 Å². The van der Waals surface area contributed by atoms with E-state index < -0.39 is 0 Å². The molecule has 0 unspecified atom stereocenters. The molecular formula is C26H24N2O5. The SMILES string of the molecule is COc1ccc(Oc2ccc(NC(=O)CN3C(=O)[C@@H]4[C@@H]5C=C[C@H]([C@H]6C[C@H]56)[C@@H]4C3=O)cc2)cc1. The summed E-state index contributed by atoms with van der Waals surface area (Å²) in [5.74, 6) is 2.13. The van der Waals surface area contributed by atoms with Crippen molar-refractivity contribution >= 4 is 23.4 Å². The third-order valence-electron chi connectivity index (χ3n) is 7.49. The van der Waals surface area contributed by atoms with Gasteiger partial charge in [0.1, 0.15) is 23.8 Å². The number of ether oxygens (including phenoxy) is 2. The van der Waals surface area contributed by atoms with E-state index in [9.17, 15) is 14.4 Å². The van der Waals surface area contributed by atoms with Crippen molar-refractivity contribution < 1.29 is 23.9 Å². The van der Waals surface area contributed by atoms with Gasteiger partial charge in [-0.05, 0) is 78.6 Å². The van der Waals surface area contributed by atoms with Crippen LogP contribution in [0.4, 0.5) is 5.69 Å². The number of imide groups is 1. The maximum Gasteiger partial charge on any atom is 0.244 e. The van der Waals surface area contributed by atoms with Crippen molar-refractivity contribution in [1.29, 1.82) is 0 Å². The molecule has 2 bridgehead atoms. The predicted octanol–water partition coefficient (Wildman–Crippen LogP) is 3.48. The number of amides is 3. The number of rotatable bonds is 6. The lowest BCUT2D eigenvalue weighted by Gasteiger charge is -2.37. The molecule has 0 spiro atoms. The van der Waals surface area contributed by atoms with E-state index in [1.807, 2.05) is 12.1 Å². The lowest BCUT2D eigenvalue weighted by atomic mass is 9.63. The first-order valence-electron chi connectivity index (χ1n) is 11.3. The Bertz CT molecular complexity index is 1120. The maximum atomic E-state index is 13.0. The average Bonchev–Trinajstić information content (AvgIpc) is 3.62. The third-order valence-corrected chi connectivity index (χ3v) is 7.49. The maximum absolute atomic E-state index is 13.0. The first-order valence-corrected chi connectivity index (χ1v) is 11.3. The summed E-state index contributed by atoms with van der Waals surface area (Å²) in [5.41, 5.74) is 0.571. The number of anilines is 1. The molecule has 5 aliphatic rings. The zero-order valence-electron chi connectivity index (χ0n) is 18.1. The monoisotopic (exact) mass is 444 g/mol. The molecule has 1 heterocycles. The molecule has 2 saturated carbocycles. The second kappa shape index (κ2) is 7.47. The van der Waals surface area contributed by atoms with Crippen LogP contribution in [0.2, 0.25) is 0 Å². The van der Waals surface area contributed by atoms with Crippen LogP contribution < -0.4 is 14.8 Å². The minimum absolute atomic E-state index is 0.160. The normalized spacial score (nSPS) is 30.6. The van der Waals surface area contributed by atoms with Gasteiger partial charge in [0.2, 0.25) is 17.7 Å². The predicted molar refractivity (Wildman–Crippen MR) is 120 cm³/mol. The molecule has 1 N–H and O–H groups in total. The van der Waals surface area contributed by atoms with Crippen LogP contribution >= 0.6 is 0 Å². The molecule has 1 saturated heterocycles. The van der Waals surface area contributed by atoms with Crippen LogP contribution in [0.15, 0.2) is 60.7 Å². The fraction of sp³-hybridized carbons (Fsp3) is 0.346. The fourth-order valence-corrected chi connectivity index (χ4v) is 5.90. The standard InChI is InChI=1S/C26H24N2O5/c1-32-15-6-8-17(9-7-15)33-16-4-2-14(3-5-16)27-22(29)13-28-25(30)23-18-10-11-19(21-12-20(18)21)24(23)26(28)31/h2-11,18-21,23-24H,12-13H2,1H3,(H,27,29)/t18-,19-,20-,21-,23-,24+/m1/s1. The third kappa shape index (κ3) is 3.30. The van der Waals surface area contributed by atoms with Crippen molar-refractivity contribution in [3.8, 4) is 17.2 Å². The molecule has 2 aromatic rings. The minimum Gasteiger partial charge on any atom is -0.497 e. The van der Waals surface area contributed by atoms with Crippen molar-refractivity contribution in [3.05, 3.63) is 60.7 Å². The summed E-state index contributed by atoms with van der Waals surface area (Å²) in [5, 5.41) is 2.78. The van der Waals surface area contributed by atoms with Crippen LogP contribution in [-0.4, -0.2) is 36.3 Å². The van der Waals surface area contributed by atoms with E-state index in [2.05, 4.69) is 17.5 Å². The highest BCUT2D eigenvalue weighted by Gasteiger charge is 2.67. The van der Waals surface area contributed by atoms with Crippen molar-refractivity contribution in [2.75, 3.05) is 19.0 Å². The van der Waals surface area contributed by atoms with Crippen LogP contribution in [-0.2, 0) is 14.4 Å². The summed E-state index contributed by atoms with van der Waals surface area (Å²) in [4.78, 5) is 39.8. The van der Waals surface area contributed by atoms with Gasteiger partial charge in [-0.15, -0.1) is 0 Å². The molecule has 33 heavy (non-hydrogen) atoms. The zero-order chi connectivity index (χ0) is 22.7. The Balaban J connectivity index is 1.08. The van der Waals surface area contributed by atoms with Crippen molar-refractivity contribution in [1.82, 2.24) is 4.90 Å². The quantitative estimate of drug-likeness (QED) is 0.545. The van der Waals surface area contributed by atoms with Gasteiger partial charge < -0.3 is 14.8 Å². The number of nitrogens with one attached hydrogen (secondary N) is 1. The summed E-state index contributed by atoms with van der Waals surface area (Å²) >= 11 is 0. The fourth-order valence-electron chi connectivity index (χ4n) is 5.90. The molecule has 4 aliphatic carbocycles. The van der Waals surface area contributed by atoms with Gasteiger partial charge >= 0.3 is 0 Å². The molecule has 0 aromatic heterocycles. The van der Waals surface area contributed by atoms with Gasteiger partial charge in [-0.3, -0.25) is 19.3 Å². The van der Waals surface area contributed by atoms with Gasteiger partial charge in [-0.1, -0.05) is 12.2 Å². The highest BCUT2D eigenvalue weighted by molar-refractivity contribution is 6.09. The molecule has 7 heteroatoms. The number of carbonyl (C=O) groups excluding carboxylic acids is 3. The highest BCUT2D eigenvalue weighted by Crippen LogP contribution is 2.65. The lowest BCUT2D eigenvalue weighted by molar-refractivity contribution is -0.142. The van der Waals surface area contributed by atoms with Crippen molar-refractivity contribution in [3.63, 3.8) is 0 Å². The summed E-state index contributed by atoms with van der Waals surface area (Å²) in [6.45, 7) is -0.246. The highest BCUT2D eigenvalue weighted by atomic mass is 16.5. The van der Waals surface area contributed by atoms with Crippen LogP contribution in [0.1, 0.15) is 6.42 Å². The summed E-state index contributed by atoms with van der Waals surface area (Å²) in [6, 6.07) is 14.2. The Morgan fingerprint density at radius 3 is 1.94 bits per heavy atom. The van der Waals surface area contributed by atoms with Gasteiger partial charge in [-0.2, -0.15) is 0 Å². The Morgan fingerprint density at radius 1 is 0.879 bits per heavy atom. The second-order valence-corrected chi connectivity index (χ2v) is 9.27. The summed E-state index contributed by atoms with van der Waals surface area (Å²) < 4.78 is 10.9. The van der Waals surface area contributed by atoms with Crippen molar-refractivity contribution in [2.45, 2.75) is 6.42 Å². The molecular weight excluding hydrogens is 420 g/mol. The van der Waals surface area contributed by atoms with Gasteiger partial charge in [0.15, 0.2) is 0 Å². The molecule has 1 aliphatic heterocycles. The molecule has 7 nitrogen and oxygen atoms in total. The van der Waals surface area contributed by atoms with Gasteiger partial charge in [0.05, 0.1) is 18.9 Å². The average molecular weight is 444 g/mol. The molecule has 0 radical (unpaired) electrons. The molecule has 7 rings (SSSR count). The molecule has 3 fully saturated rings. The smallest absolute Gasteiger partial charge is 0.244 e. The van der Waals surface area contributed by atoms with Crippen LogP contribution in [0.3, 0.4) is 0 Å². The van der Waals surface area contributed by atoms with E-state index in [4.69, 9.17) is 9.47 Å². The first-order chi connectivity index (χ1) is 16.0. The molecule has 6 atom stereocenters. The van der Waals surface area contributed by atoms with E-state index in [0.29, 0.717) is 29.0 Å². The Labute approximate surface area is 191 Å². The number of likely N-dealkylation sites (tertiary alicyclic amines) is 1. The van der Waals surface area contributed by atoms with Crippen LogP contribution in [0.25, 0.3) is 0 Å². The van der Waals surface area contributed by atoms with E-state index >= 15 is 0 Å². The number of nitrogens with zero attached hydrogens (tertiary/aromatic N) is 1. The number of benzene rings is 2. The molecule has 3 amide bonds. The summed E-state index contributed by atoms with van der Waals surface area (Å²) in [7, 11) is 1.61. The number of hydrogen-bond acceptors (Lipinski definition) is 5. The van der Waals surface area contributed by atoms with Crippen LogP contribution in [0.5, 0.6) is 17.2 Å². The second-order valence-electron chi connectivity index (χ2n) is 9.27. The van der Waals surface area contributed by atoms with Crippen LogP contribution in [0, 0.1) is 35.5 Å². The molecule has 2 aromatic carbocycles. The number of carbonyl (C=O) groups is 3. The van der Waals surface area contributed by atoms with E-state index in [1.165, 1.54) is 4.90 Å². The van der Waals surface area contributed by atoms with E-state index in [0.717, 1.165) is 12.2 Å². The Kier molecular flexibility index (Phi) is 4.54. The summed E-state index contributed by atoms with van der Waals surface area (Å²) in [6.07, 6.45) is 5.38. The zero-order valence-corrected chi connectivity index (χ0v) is 18.1. The lowest BCUT2D eigenvalue weighted by Crippen LogP contribution is -2.40. The largest absolute Gasteiger partial charge is 0.497 e. The minimum atomic E-state index is -0.385. The number of hydrogen-bond donors (Lipinski definition) is 1.